The number of aromatic nitrogens is 2. The first-order valence-corrected chi connectivity index (χ1v) is 20.4. The van der Waals surface area contributed by atoms with Gasteiger partial charge in [-0.05, 0) is 90.8 Å². The Morgan fingerprint density at radius 3 is 2.54 bits per heavy atom. The molecule has 59 heavy (non-hydrogen) atoms. The Morgan fingerprint density at radius 2 is 1.86 bits per heavy atom. The molecule has 0 saturated carbocycles. The normalized spacial score (nSPS) is 20.8. The highest BCUT2D eigenvalue weighted by atomic mass is 16.6. The number of nitrogens with zero attached hydrogens (tertiary/aromatic N) is 4. The molecule has 0 spiro atoms. The second-order valence-corrected chi connectivity index (χ2v) is 17.1. The van der Waals surface area contributed by atoms with Crippen LogP contribution < -0.4 is 10.7 Å². The third kappa shape index (κ3) is 8.85. The molecule has 0 aliphatic carbocycles. The lowest BCUT2D eigenvalue weighted by molar-refractivity contribution is -0.189. The van der Waals surface area contributed by atoms with E-state index in [0.717, 1.165) is 43.9 Å². The standard InChI is InChI=1S/C45H58N6O8/c1-10-50-38-13-12-30-22-34(38)35(40(50)36-24-46-16-14-33(36)27(4)58-9)23-44(6,7)25-59-43(56)45(57)15-11-17-51(48-45)42(55)37(20-29-18-31(30)21-32(53)19-29)47-41(54)39(26(2)3)49(8)28(5)52/h12-14,16,18-19,21-22,24,26-27,37,39,48,53,57H,10-11,15,17,20,23,25H2,1-9H3,(H,47,54)/t27-,37-,39-,45-/m0/s1. The Labute approximate surface area is 345 Å². The van der Waals surface area contributed by atoms with Crippen LogP contribution in [0.25, 0.3) is 33.3 Å². The van der Waals surface area contributed by atoms with E-state index >= 15 is 0 Å². The van der Waals surface area contributed by atoms with Crippen LogP contribution in [0.2, 0.25) is 0 Å². The number of rotatable bonds is 8. The van der Waals surface area contributed by atoms with Crippen LogP contribution in [0.3, 0.4) is 0 Å². The number of ether oxygens (including phenoxy) is 2. The molecule has 2 aliphatic rings. The summed E-state index contributed by atoms with van der Waals surface area (Å²) in [6.07, 6.45) is 4.05. The molecule has 1 fully saturated rings. The van der Waals surface area contributed by atoms with Crippen LogP contribution in [0.15, 0.2) is 54.9 Å². The van der Waals surface area contributed by atoms with Crippen molar-refractivity contribution in [3.05, 3.63) is 71.5 Å². The van der Waals surface area contributed by atoms with Crippen LogP contribution in [0.5, 0.6) is 5.75 Å². The molecule has 6 rings (SSSR count). The van der Waals surface area contributed by atoms with Crippen molar-refractivity contribution in [3.8, 4) is 28.1 Å². The number of hydrazine groups is 1. The smallest absolute Gasteiger partial charge is 0.355 e. The summed E-state index contributed by atoms with van der Waals surface area (Å²) in [4.78, 5) is 60.5. The van der Waals surface area contributed by atoms with Gasteiger partial charge in [0.05, 0.1) is 18.4 Å². The highest BCUT2D eigenvalue weighted by molar-refractivity contribution is 5.96. The maximum atomic E-state index is 14.4. The number of hydrogen-bond acceptors (Lipinski definition) is 10. The maximum Gasteiger partial charge on any atom is 0.355 e. The summed E-state index contributed by atoms with van der Waals surface area (Å²) < 4.78 is 14.0. The summed E-state index contributed by atoms with van der Waals surface area (Å²) >= 11 is 0. The first kappa shape index (κ1) is 43.3. The number of cyclic esters (lactones) is 1. The summed E-state index contributed by atoms with van der Waals surface area (Å²) in [5.74, 6) is -2.72. The number of nitrogens with one attached hydrogen (secondary N) is 2. The zero-order valence-corrected chi connectivity index (χ0v) is 35.6. The van der Waals surface area contributed by atoms with Gasteiger partial charge in [-0.25, -0.2) is 4.79 Å². The fraction of sp³-hybridized carbons (Fsp3) is 0.489. The average molecular weight is 811 g/mol. The molecule has 2 aromatic carbocycles. The second-order valence-electron chi connectivity index (χ2n) is 17.1. The summed E-state index contributed by atoms with van der Waals surface area (Å²) in [6.45, 7) is 13.8. The molecular weight excluding hydrogens is 753 g/mol. The van der Waals surface area contributed by atoms with E-state index in [-0.39, 0.29) is 56.1 Å². The van der Waals surface area contributed by atoms with Gasteiger partial charge in [0.25, 0.3) is 5.91 Å². The van der Waals surface area contributed by atoms with Crippen LogP contribution >= 0.6 is 0 Å². The number of methoxy groups -OCH3 is 1. The number of aliphatic hydroxyl groups is 1. The summed E-state index contributed by atoms with van der Waals surface area (Å²) in [6, 6.07) is 11.1. The molecular formula is C45H58N6O8. The Bertz CT molecular complexity index is 2250. The number of amides is 3. The molecule has 316 valence electrons. The molecule has 14 heteroatoms. The molecule has 2 aliphatic heterocycles. The molecule has 3 amide bonds. The summed E-state index contributed by atoms with van der Waals surface area (Å²) in [5.41, 5.74) is 6.76. The van der Waals surface area contributed by atoms with Crippen molar-refractivity contribution in [2.75, 3.05) is 27.3 Å². The fourth-order valence-electron chi connectivity index (χ4n) is 8.52. The summed E-state index contributed by atoms with van der Waals surface area (Å²) in [5, 5.41) is 27.9. The molecule has 1 saturated heterocycles. The Hall–Kier alpha value is -5.31. The molecule has 4 aromatic rings. The van der Waals surface area contributed by atoms with Crippen LogP contribution in [0.1, 0.15) is 84.1 Å². The zero-order chi connectivity index (χ0) is 43.0. The molecule has 4 atom stereocenters. The lowest BCUT2D eigenvalue weighted by atomic mass is 9.84. The first-order chi connectivity index (χ1) is 27.9. The Balaban J connectivity index is 1.55. The van der Waals surface area contributed by atoms with E-state index in [9.17, 15) is 29.4 Å². The van der Waals surface area contributed by atoms with Crippen LogP contribution in [0, 0.1) is 11.3 Å². The predicted octanol–water partition coefficient (Wildman–Crippen LogP) is 5.27. The van der Waals surface area contributed by atoms with Crippen molar-refractivity contribution in [2.45, 2.75) is 105 Å². The van der Waals surface area contributed by atoms with Gasteiger partial charge in [0.15, 0.2) is 0 Å². The number of hydrogen-bond donors (Lipinski definition) is 4. The van der Waals surface area contributed by atoms with Crippen molar-refractivity contribution in [1.29, 1.82) is 0 Å². The first-order valence-electron chi connectivity index (χ1n) is 20.4. The molecule has 2 aromatic heterocycles. The van der Waals surface area contributed by atoms with E-state index in [1.807, 2.05) is 59.0 Å². The van der Waals surface area contributed by atoms with Crippen molar-refractivity contribution in [2.24, 2.45) is 11.3 Å². The molecule has 0 radical (unpaired) electrons. The number of aryl methyl sites for hydroxylation is 1. The van der Waals surface area contributed by atoms with Gasteiger partial charge in [-0.1, -0.05) is 39.8 Å². The van der Waals surface area contributed by atoms with Gasteiger partial charge >= 0.3 is 5.97 Å². The lowest BCUT2D eigenvalue weighted by Crippen LogP contribution is -2.67. The highest BCUT2D eigenvalue weighted by Gasteiger charge is 2.45. The third-order valence-electron chi connectivity index (χ3n) is 11.7. The van der Waals surface area contributed by atoms with Crippen LogP contribution in [-0.4, -0.2) is 98.5 Å². The number of esters is 1. The van der Waals surface area contributed by atoms with E-state index in [4.69, 9.17) is 9.47 Å². The van der Waals surface area contributed by atoms with Crippen molar-refractivity contribution >= 4 is 34.6 Å². The van der Waals surface area contributed by atoms with Crippen molar-refractivity contribution < 1.29 is 38.9 Å². The maximum absolute atomic E-state index is 14.4. The van der Waals surface area contributed by atoms with Crippen LogP contribution in [-0.2, 0) is 48.0 Å². The number of carbonyl (C=O) groups excluding carboxylic acids is 4. The molecule has 4 N–H and O–H groups in total. The number of pyridine rings is 1. The number of phenolic OH excluding ortho intramolecular Hbond substituents is 1. The zero-order valence-electron chi connectivity index (χ0n) is 35.6. The average Bonchev–Trinajstić information content (AvgIpc) is 3.49. The lowest BCUT2D eigenvalue weighted by Gasteiger charge is -2.40. The number of benzene rings is 2. The SMILES string of the molecule is CCn1c(-c2cnccc2[C@H](C)OC)c2c3cc(ccc31)-c1cc(O)cc(c1)C[C@H](NC(=O)[C@H](C(C)C)N(C)C(C)=O)C(=O)N1CCC[C@@](O)(N1)C(=O)OCC(C)(C)C2. The van der Waals surface area contributed by atoms with E-state index in [1.54, 1.807) is 25.4 Å². The second kappa shape index (κ2) is 17.1. The molecule has 4 heterocycles. The van der Waals surface area contributed by atoms with Gasteiger partial charge in [-0.15, -0.1) is 0 Å². The summed E-state index contributed by atoms with van der Waals surface area (Å²) in [7, 11) is 3.21. The van der Waals surface area contributed by atoms with Crippen molar-refractivity contribution in [1.82, 2.24) is 30.2 Å². The number of fused-ring (bicyclic) bond motifs is 6. The van der Waals surface area contributed by atoms with E-state index in [1.165, 1.54) is 18.9 Å². The van der Waals surface area contributed by atoms with Gasteiger partial charge in [0, 0.05) is 81.3 Å². The van der Waals surface area contributed by atoms with Gasteiger partial charge in [-0.3, -0.25) is 24.4 Å². The molecule has 6 bridgehead atoms. The van der Waals surface area contributed by atoms with Crippen LogP contribution in [0.4, 0.5) is 0 Å². The minimum Gasteiger partial charge on any atom is -0.508 e. The number of likely N-dealkylation sites (N-methyl/N-ethyl adjacent to an activating group) is 1. The Morgan fingerprint density at radius 1 is 1.12 bits per heavy atom. The Kier molecular flexibility index (Phi) is 12.6. The van der Waals surface area contributed by atoms with Gasteiger partial charge in [0.2, 0.25) is 17.5 Å². The van der Waals surface area contributed by atoms with Gasteiger partial charge in [0.1, 0.15) is 17.8 Å². The van der Waals surface area contributed by atoms with E-state index in [2.05, 4.69) is 39.4 Å². The van der Waals surface area contributed by atoms with E-state index in [0.29, 0.717) is 24.1 Å². The van der Waals surface area contributed by atoms with Crippen molar-refractivity contribution in [3.63, 3.8) is 0 Å². The minimum atomic E-state index is -2.23. The number of carbonyl (C=O) groups is 4. The molecule has 0 unspecified atom stereocenters. The topological polar surface area (TPSA) is 176 Å². The predicted molar refractivity (Wildman–Crippen MR) is 224 cm³/mol. The van der Waals surface area contributed by atoms with Gasteiger partial charge < -0.3 is 34.5 Å². The highest BCUT2D eigenvalue weighted by Crippen LogP contribution is 2.42. The number of aromatic hydroxyl groups is 1. The minimum absolute atomic E-state index is 0.0137. The largest absolute Gasteiger partial charge is 0.508 e. The monoisotopic (exact) mass is 810 g/mol. The number of phenols is 1. The quantitative estimate of drug-likeness (QED) is 0.172. The van der Waals surface area contributed by atoms with Gasteiger partial charge in [-0.2, -0.15) is 5.43 Å². The van der Waals surface area contributed by atoms with E-state index < -0.39 is 41.0 Å². The third-order valence-corrected chi connectivity index (χ3v) is 11.7. The fourth-order valence-corrected chi connectivity index (χ4v) is 8.52. The molecule has 14 nitrogen and oxygen atoms in total.